The highest BCUT2D eigenvalue weighted by molar-refractivity contribution is 5.82. The van der Waals surface area contributed by atoms with Crippen LogP contribution < -0.4 is 10.6 Å². The highest BCUT2D eigenvalue weighted by Crippen LogP contribution is 2.13. The van der Waals surface area contributed by atoms with E-state index in [-0.39, 0.29) is 37.9 Å². The number of piperazine rings is 1. The van der Waals surface area contributed by atoms with Crippen LogP contribution in [0.3, 0.4) is 0 Å². The second-order valence-electron chi connectivity index (χ2n) is 9.05. The number of hydrogen-bond acceptors (Lipinski definition) is 5. The minimum atomic E-state index is -1.01. The third-order valence-corrected chi connectivity index (χ3v) is 6.17. The molecular formula is C26H34F2N4O3. The minimum Gasteiger partial charge on any atom is -0.390 e. The van der Waals surface area contributed by atoms with E-state index in [9.17, 15) is 23.5 Å². The van der Waals surface area contributed by atoms with E-state index in [2.05, 4.69) is 29.7 Å². The molecule has 0 aromatic heterocycles. The molecule has 2 aromatic rings. The Hall–Kier alpha value is -2.88. The summed E-state index contributed by atoms with van der Waals surface area (Å²) in [5.41, 5.74) is 2.62. The Morgan fingerprint density at radius 3 is 2.49 bits per heavy atom. The maximum absolute atomic E-state index is 13.7. The second kappa shape index (κ2) is 12.7. The number of carbonyl (C=O) groups is 2. The summed E-state index contributed by atoms with van der Waals surface area (Å²) < 4.78 is 27.5. The van der Waals surface area contributed by atoms with E-state index in [0.29, 0.717) is 25.2 Å². The number of aliphatic hydroxyl groups excluding tert-OH is 1. The molecule has 0 saturated carbocycles. The summed E-state index contributed by atoms with van der Waals surface area (Å²) in [6.45, 7) is 4.02. The number of hydrogen-bond donors (Lipinski definition) is 3. The Kier molecular flexibility index (Phi) is 9.71. The number of aryl methyl sites for hydroxylation is 1. The quantitative estimate of drug-likeness (QED) is 0.446. The van der Waals surface area contributed by atoms with E-state index < -0.39 is 23.8 Å². The number of likely N-dealkylation sites (N-methyl/N-ethyl adjacent to an activating group) is 1. The van der Waals surface area contributed by atoms with Crippen LogP contribution in [-0.4, -0.2) is 78.6 Å². The third-order valence-electron chi connectivity index (χ3n) is 6.17. The van der Waals surface area contributed by atoms with Gasteiger partial charge < -0.3 is 20.6 Å². The van der Waals surface area contributed by atoms with E-state index in [0.717, 1.165) is 18.1 Å². The van der Waals surface area contributed by atoms with Gasteiger partial charge in [-0.2, -0.15) is 0 Å². The predicted octanol–water partition coefficient (Wildman–Crippen LogP) is 1.48. The van der Waals surface area contributed by atoms with Gasteiger partial charge in [0.2, 0.25) is 11.8 Å². The van der Waals surface area contributed by atoms with Gasteiger partial charge in [-0.05, 0) is 41.7 Å². The lowest BCUT2D eigenvalue weighted by Crippen LogP contribution is -2.54. The molecule has 2 atom stereocenters. The molecule has 0 spiro atoms. The van der Waals surface area contributed by atoms with Crippen LogP contribution in [0.1, 0.15) is 23.6 Å². The van der Waals surface area contributed by atoms with Crippen LogP contribution in [0.25, 0.3) is 0 Å². The number of benzene rings is 2. The molecule has 3 rings (SSSR count). The van der Waals surface area contributed by atoms with Crippen LogP contribution in [0.5, 0.6) is 0 Å². The van der Waals surface area contributed by atoms with Crippen molar-refractivity contribution >= 4 is 11.8 Å². The molecule has 0 aliphatic carbocycles. The van der Waals surface area contributed by atoms with Crippen molar-refractivity contribution in [2.75, 3.05) is 39.8 Å². The smallest absolute Gasteiger partial charge is 0.236 e. The van der Waals surface area contributed by atoms with Gasteiger partial charge in [-0.15, -0.1) is 0 Å². The van der Waals surface area contributed by atoms with E-state index >= 15 is 0 Å². The van der Waals surface area contributed by atoms with E-state index in [4.69, 9.17) is 0 Å². The number of rotatable bonds is 11. The lowest BCUT2D eigenvalue weighted by Gasteiger charge is -2.32. The fourth-order valence-corrected chi connectivity index (χ4v) is 4.13. The van der Waals surface area contributed by atoms with Crippen LogP contribution in [0.15, 0.2) is 42.5 Å². The highest BCUT2D eigenvalue weighted by Gasteiger charge is 2.26. The Labute approximate surface area is 205 Å². The molecule has 2 amide bonds. The lowest BCUT2D eigenvalue weighted by atomic mass is 10.0. The third kappa shape index (κ3) is 8.38. The summed E-state index contributed by atoms with van der Waals surface area (Å²) in [5, 5.41) is 16.9. The Balaban J connectivity index is 1.62. The number of amides is 2. The largest absolute Gasteiger partial charge is 0.390 e. The number of aliphatic hydroxyl groups is 1. The molecule has 2 aromatic carbocycles. The van der Waals surface area contributed by atoms with Gasteiger partial charge in [0.25, 0.3) is 0 Å². The normalized spacial score (nSPS) is 16.3. The Bertz CT molecular complexity index is 1000. The Morgan fingerprint density at radius 2 is 1.80 bits per heavy atom. The lowest BCUT2D eigenvalue weighted by molar-refractivity contribution is -0.135. The zero-order valence-corrected chi connectivity index (χ0v) is 20.3. The van der Waals surface area contributed by atoms with Gasteiger partial charge in [0, 0.05) is 39.3 Å². The fourth-order valence-electron chi connectivity index (χ4n) is 4.13. The average molecular weight is 489 g/mol. The molecule has 0 bridgehead atoms. The molecule has 3 N–H and O–H groups in total. The van der Waals surface area contributed by atoms with Crippen LogP contribution in [0, 0.1) is 11.6 Å². The van der Waals surface area contributed by atoms with Crippen LogP contribution in [0.4, 0.5) is 8.78 Å². The minimum absolute atomic E-state index is 0.00243. The van der Waals surface area contributed by atoms with Crippen molar-refractivity contribution in [3.8, 4) is 0 Å². The molecule has 9 heteroatoms. The van der Waals surface area contributed by atoms with Gasteiger partial charge >= 0.3 is 0 Å². The van der Waals surface area contributed by atoms with Gasteiger partial charge in [-0.25, -0.2) is 8.78 Å². The first-order valence-electron chi connectivity index (χ1n) is 11.9. The maximum Gasteiger partial charge on any atom is 0.236 e. The summed E-state index contributed by atoms with van der Waals surface area (Å²) in [6.07, 6.45) is -0.0297. The summed E-state index contributed by atoms with van der Waals surface area (Å²) >= 11 is 0. The van der Waals surface area contributed by atoms with Crippen molar-refractivity contribution in [1.82, 2.24) is 20.4 Å². The first-order chi connectivity index (χ1) is 16.7. The predicted molar refractivity (Wildman–Crippen MR) is 130 cm³/mol. The second-order valence-corrected chi connectivity index (χ2v) is 9.05. The topological polar surface area (TPSA) is 84.9 Å². The summed E-state index contributed by atoms with van der Waals surface area (Å²) in [5.74, 6) is -1.86. The molecule has 35 heavy (non-hydrogen) atoms. The molecule has 0 radical (unpaired) electrons. The van der Waals surface area contributed by atoms with Gasteiger partial charge in [-0.3, -0.25) is 14.5 Å². The Morgan fingerprint density at radius 1 is 1.09 bits per heavy atom. The monoisotopic (exact) mass is 488 g/mol. The van der Waals surface area contributed by atoms with Gasteiger partial charge in [-0.1, -0.05) is 31.2 Å². The summed E-state index contributed by atoms with van der Waals surface area (Å²) in [4.78, 5) is 28.0. The van der Waals surface area contributed by atoms with E-state index in [1.54, 1.807) is 16.8 Å². The van der Waals surface area contributed by atoms with E-state index in [1.807, 2.05) is 12.1 Å². The number of carbonyl (C=O) groups excluding carboxylic acids is 2. The molecule has 1 fully saturated rings. The van der Waals surface area contributed by atoms with Crippen LogP contribution in [-0.2, 0) is 29.0 Å². The van der Waals surface area contributed by atoms with Crippen LogP contribution >= 0.6 is 0 Å². The first-order valence-corrected chi connectivity index (χ1v) is 11.9. The SMILES string of the molecule is CCc1cccc(CNC[C@H](O)[C@H](Cc2cc(F)cc(F)c2)NC(=O)CN2CCN(C)C(=O)C2)c1. The zero-order valence-electron chi connectivity index (χ0n) is 20.3. The van der Waals surface area contributed by atoms with Crippen molar-refractivity contribution < 1.29 is 23.5 Å². The molecule has 1 heterocycles. The van der Waals surface area contributed by atoms with Gasteiger partial charge in [0.15, 0.2) is 0 Å². The fraction of sp³-hybridized carbons (Fsp3) is 0.462. The van der Waals surface area contributed by atoms with Crippen LogP contribution in [0.2, 0.25) is 0 Å². The summed E-state index contributed by atoms with van der Waals surface area (Å²) in [7, 11) is 1.72. The van der Waals surface area contributed by atoms with Crippen molar-refractivity contribution in [3.63, 3.8) is 0 Å². The molecule has 190 valence electrons. The number of nitrogens with one attached hydrogen (secondary N) is 2. The molecule has 7 nitrogen and oxygen atoms in total. The van der Waals surface area contributed by atoms with Crippen molar-refractivity contribution in [2.45, 2.75) is 38.5 Å². The number of nitrogens with zero attached hydrogens (tertiary/aromatic N) is 2. The highest BCUT2D eigenvalue weighted by atomic mass is 19.1. The van der Waals surface area contributed by atoms with Crippen molar-refractivity contribution in [2.24, 2.45) is 0 Å². The molecular weight excluding hydrogens is 454 g/mol. The van der Waals surface area contributed by atoms with Gasteiger partial charge in [0.1, 0.15) is 11.6 Å². The van der Waals surface area contributed by atoms with Gasteiger partial charge in [0.05, 0.1) is 25.2 Å². The molecule has 1 aliphatic heterocycles. The number of halogens is 2. The summed E-state index contributed by atoms with van der Waals surface area (Å²) in [6, 6.07) is 10.5. The maximum atomic E-state index is 13.7. The van der Waals surface area contributed by atoms with Crippen molar-refractivity contribution in [3.05, 3.63) is 70.8 Å². The van der Waals surface area contributed by atoms with E-state index in [1.165, 1.54) is 17.7 Å². The zero-order chi connectivity index (χ0) is 25.4. The average Bonchev–Trinajstić information content (AvgIpc) is 2.80. The standard InChI is InChI=1S/C26H34F2N4O3/c1-3-18-5-4-6-19(9-18)14-29-15-24(33)23(12-20-10-21(27)13-22(28)11-20)30-25(34)16-32-8-7-31(2)26(35)17-32/h4-6,9-11,13,23-24,29,33H,3,7-8,12,14-17H2,1-2H3,(H,30,34)/t23-,24-/m0/s1. The molecule has 1 saturated heterocycles. The molecule has 1 aliphatic rings. The van der Waals surface area contributed by atoms with Crippen molar-refractivity contribution in [1.29, 1.82) is 0 Å². The molecule has 0 unspecified atom stereocenters. The first kappa shape index (κ1) is 26.7.